The number of methoxy groups -OCH3 is 1. The average molecular weight is 380 g/mol. The predicted octanol–water partition coefficient (Wildman–Crippen LogP) is 4.92. The summed E-state index contributed by atoms with van der Waals surface area (Å²) < 4.78 is 5.44. The first-order valence-electron chi connectivity index (χ1n) is 9.77. The van der Waals surface area contributed by atoms with Crippen LogP contribution in [-0.2, 0) is 0 Å². The van der Waals surface area contributed by atoms with Crippen LogP contribution in [0.1, 0.15) is 46.7 Å². The molecule has 2 aromatic carbocycles. The quantitative estimate of drug-likeness (QED) is 0.774. The third-order valence-electron chi connectivity index (χ3n) is 5.51. The van der Waals surface area contributed by atoms with Gasteiger partial charge >= 0.3 is 5.97 Å². The molecule has 28 heavy (non-hydrogen) atoms. The molecule has 1 aliphatic rings. The first-order valence-corrected chi connectivity index (χ1v) is 9.77. The van der Waals surface area contributed by atoms with Gasteiger partial charge in [-0.2, -0.15) is 0 Å². The van der Waals surface area contributed by atoms with Gasteiger partial charge < -0.3 is 14.7 Å². The van der Waals surface area contributed by atoms with Crippen molar-refractivity contribution in [3.05, 3.63) is 70.8 Å². The number of hydrogen-bond acceptors (Lipinski definition) is 3. The molecule has 1 fully saturated rings. The van der Waals surface area contributed by atoms with Crippen LogP contribution < -0.4 is 4.74 Å². The maximum Gasteiger partial charge on any atom is 0.335 e. The van der Waals surface area contributed by atoms with E-state index in [1.165, 1.54) is 11.1 Å². The lowest BCUT2D eigenvalue weighted by Gasteiger charge is -2.35. The average Bonchev–Trinajstić information content (AvgIpc) is 2.69. The Kier molecular flexibility index (Phi) is 6.53. The van der Waals surface area contributed by atoms with Crippen LogP contribution in [0.4, 0.5) is 0 Å². The van der Waals surface area contributed by atoms with Gasteiger partial charge in [0.15, 0.2) is 0 Å². The fraction of sp³-hybridized carbons (Fsp3) is 0.375. The van der Waals surface area contributed by atoms with Crippen molar-refractivity contribution in [3.63, 3.8) is 0 Å². The molecular formula is C24H29NO3. The van der Waals surface area contributed by atoms with Crippen LogP contribution in [0.25, 0.3) is 6.08 Å². The molecule has 0 bridgehead atoms. The van der Waals surface area contributed by atoms with E-state index in [9.17, 15) is 9.90 Å². The zero-order valence-corrected chi connectivity index (χ0v) is 16.9. The van der Waals surface area contributed by atoms with Crippen LogP contribution in [0.5, 0.6) is 5.75 Å². The molecule has 2 atom stereocenters. The number of benzene rings is 2. The van der Waals surface area contributed by atoms with Crippen molar-refractivity contribution < 1.29 is 14.6 Å². The Labute approximate surface area is 167 Å². The zero-order valence-electron chi connectivity index (χ0n) is 16.9. The van der Waals surface area contributed by atoms with E-state index in [2.05, 4.69) is 43.3 Å². The molecular weight excluding hydrogens is 350 g/mol. The molecule has 4 nitrogen and oxygen atoms in total. The smallest absolute Gasteiger partial charge is 0.335 e. The van der Waals surface area contributed by atoms with Crippen LogP contribution in [0.3, 0.4) is 0 Å². The highest BCUT2D eigenvalue weighted by Gasteiger charge is 2.29. The SMILES string of the molecule is COc1cccc([C@@H]2C/C(=C/c3cccc(C(=O)O)c3)CC[C@H]2CN(C)C)c1. The van der Waals surface area contributed by atoms with Crippen molar-refractivity contribution in [2.24, 2.45) is 5.92 Å². The number of rotatable bonds is 6. The molecule has 0 aliphatic heterocycles. The molecule has 1 aliphatic carbocycles. The van der Waals surface area contributed by atoms with Crippen LogP contribution in [0.15, 0.2) is 54.1 Å². The van der Waals surface area contributed by atoms with Crippen LogP contribution >= 0.6 is 0 Å². The number of aromatic carboxylic acids is 1. The van der Waals surface area contributed by atoms with Gasteiger partial charge in [0.2, 0.25) is 0 Å². The summed E-state index contributed by atoms with van der Waals surface area (Å²) in [5, 5.41) is 9.24. The molecule has 1 saturated carbocycles. The number of hydrogen-bond donors (Lipinski definition) is 1. The Hall–Kier alpha value is -2.59. The Balaban J connectivity index is 1.88. The Morgan fingerprint density at radius 1 is 1.21 bits per heavy atom. The van der Waals surface area contributed by atoms with Gasteiger partial charge in [0.05, 0.1) is 12.7 Å². The van der Waals surface area contributed by atoms with Gasteiger partial charge in [0.1, 0.15) is 5.75 Å². The maximum absolute atomic E-state index is 11.3. The molecule has 148 valence electrons. The van der Waals surface area contributed by atoms with E-state index in [0.717, 1.165) is 37.1 Å². The normalized spacial score (nSPS) is 21.1. The van der Waals surface area contributed by atoms with Crippen LogP contribution in [0, 0.1) is 5.92 Å². The first-order chi connectivity index (χ1) is 13.5. The summed E-state index contributed by atoms with van der Waals surface area (Å²) in [7, 11) is 5.97. The van der Waals surface area contributed by atoms with Crippen molar-refractivity contribution in [3.8, 4) is 5.75 Å². The van der Waals surface area contributed by atoms with Gasteiger partial charge in [0, 0.05) is 6.54 Å². The molecule has 0 radical (unpaired) electrons. The number of nitrogens with zero attached hydrogens (tertiary/aromatic N) is 1. The van der Waals surface area contributed by atoms with Crippen molar-refractivity contribution in [1.29, 1.82) is 0 Å². The van der Waals surface area contributed by atoms with E-state index < -0.39 is 5.97 Å². The third kappa shape index (κ3) is 5.02. The minimum Gasteiger partial charge on any atom is -0.497 e. The Morgan fingerprint density at radius 2 is 2.00 bits per heavy atom. The molecule has 3 rings (SSSR count). The van der Waals surface area contributed by atoms with E-state index in [-0.39, 0.29) is 0 Å². The molecule has 1 N–H and O–H groups in total. The summed E-state index contributed by atoms with van der Waals surface area (Å²) in [5.41, 5.74) is 3.99. The summed E-state index contributed by atoms with van der Waals surface area (Å²) in [6.07, 6.45) is 5.34. The second-order valence-electron chi connectivity index (χ2n) is 7.88. The highest BCUT2D eigenvalue weighted by atomic mass is 16.5. The summed E-state index contributed by atoms with van der Waals surface area (Å²) in [6.45, 7) is 1.06. The summed E-state index contributed by atoms with van der Waals surface area (Å²) in [5.74, 6) is 1.03. The topological polar surface area (TPSA) is 49.8 Å². The lowest BCUT2D eigenvalue weighted by Crippen LogP contribution is -2.29. The summed E-state index contributed by atoms with van der Waals surface area (Å²) in [6, 6.07) is 15.6. The fourth-order valence-electron chi connectivity index (χ4n) is 4.20. The lowest BCUT2D eigenvalue weighted by molar-refractivity contribution is 0.0697. The molecule has 0 amide bonds. The van der Waals surface area contributed by atoms with Crippen LogP contribution in [-0.4, -0.2) is 43.7 Å². The highest BCUT2D eigenvalue weighted by molar-refractivity contribution is 5.88. The summed E-state index contributed by atoms with van der Waals surface area (Å²) in [4.78, 5) is 13.5. The van der Waals surface area contributed by atoms with Gasteiger partial charge in [0.25, 0.3) is 0 Å². The molecule has 0 aromatic heterocycles. The Bertz CT molecular complexity index is 856. The van der Waals surface area contributed by atoms with E-state index in [0.29, 0.717) is 17.4 Å². The number of carbonyl (C=O) groups is 1. The fourth-order valence-corrected chi connectivity index (χ4v) is 4.20. The van der Waals surface area contributed by atoms with Crippen LogP contribution in [0.2, 0.25) is 0 Å². The largest absolute Gasteiger partial charge is 0.497 e. The number of carboxylic acid groups (broad SMARTS) is 1. The van der Waals surface area contributed by atoms with E-state index >= 15 is 0 Å². The minimum atomic E-state index is -0.885. The van der Waals surface area contributed by atoms with Crippen molar-refractivity contribution in [2.75, 3.05) is 27.7 Å². The third-order valence-corrected chi connectivity index (χ3v) is 5.51. The standard InChI is InChI=1S/C24H29NO3/c1-25(2)16-21-11-10-18(12-17-6-4-8-20(13-17)24(26)27)14-23(21)19-7-5-9-22(15-19)28-3/h4-9,12-13,15,21,23H,10-11,14,16H2,1-3H3,(H,26,27)/b18-12+/t21-,23-/m0/s1. The van der Waals surface area contributed by atoms with Gasteiger partial charge in [-0.1, -0.05) is 35.9 Å². The number of allylic oxidation sites excluding steroid dienone is 1. The van der Waals surface area contributed by atoms with E-state index in [1.54, 1.807) is 19.2 Å². The molecule has 2 aromatic rings. The maximum atomic E-state index is 11.3. The Morgan fingerprint density at radius 3 is 2.71 bits per heavy atom. The minimum absolute atomic E-state index is 0.333. The number of carboxylic acids is 1. The van der Waals surface area contributed by atoms with Gasteiger partial charge in [-0.25, -0.2) is 4.79 Å². The van der Waals surface area contributed by atoms with Crippen molar-refractivity contribution in [2.45, 2.75) is 25.2 Å². The molecule has 4 heteroatoms. The summed E-state index contributed by atoms with van der Waals surface area (Å²) >= 11 is 0. The molecule has 0 spiro atoms. The lowest BCUT2D eigenvalue weighted by atomic mass is 9.73. The number of ether oxygens (including phenoxy) is 1. The first kappa shape index (κ1) is 20.2. The zero-order chi connectivity index (χ0) is 20.1. The molecule has 0 saturated heterocycles. The predicted molar refractivity (Wildman–Crippen MR) is 113 cm³/mol. The van der Waals surface area contributed by atoms with Crippen molar-refractivity contribution >= 4 is 12.0 Å². The highest BCUT2D eigenvalue weighted by Crippen LogP contribution is 2.42. The van der Waals surface area contributed by atoms with E-state index in [4.69, 9.17) is 4.74 Å². The van der Waals surface area contributed by atoms with Gasteiger partial charge in [-0.3, -0.25) is 0 Å². The van der Waals surface area contributed by atoms with E-state index in [1.807, 2.05) is 18.2 Å². The second-order valence-corrected chi connectivity index (χ2v) is 7.88. The van der Waals surface area contributed by atoms with Gasteiger partial charge in [-0.15, -0.1) is 0 Å². The monoisotopic (exact) mass is 379 g/mol. The second kappa shape index (κ2) is 9.07. The van der Waals surface area contributed by atoms with Crippen molar-refractivity contribution in [1.82, 2.24) is 4.90 Å². The molecule has 0 unspecified atom stereocenters. The molecule has 0 heterocycles. The van der Waals surface area contributed by atoms with Gasteiger partial charge in [-0.05, 0) is 80.6 Å².